The molecule has 0 N–H and O–H groups in total. The van der Waals surface area contributed by atoms with E-state index in [1.54, 1.807) is 0 Å². The molecule has 31 heavy (non-hydrogen) atoms. The molecular formula is C24H30B2O4Si. The lowest BCUT2D eigenvalue weighted by atomic mass is 9.77. The molecule has 2 fully saturated rings. The van der Waals surface area contributed by atoms with Gasteiger partial charge < -0.3 is 18.6 Å². The van der Waals surface area contributed by atoms with Crippen LogP contribution in [0, 0.1) is 0 Å². The molecule has 2 saturated heterocycles. The smallest absolute Gasteiger partial charge is 0.399 e. The lowest BCUT2D eigenvalue weighted by Gasteiger charge is -2.32. The van der Waals surface area contributed by atoms with Gasteiger partial charge in [0.25, 0.3) is 0 Å². The van der Waals surface area contributed by atoms with Gasteiger partial charge in [-0.3, -0.25) is 0 Å². The summed E-state index contributed by atoms with van der Waals surface area (Å²) in [7, 11) is -0.0617. The Kier molecular flexibility index (Phi) is 4.56. The van der Waals surface area contributed by atoms with Gasteiger partial charge in [0.05, 0.1) is 22.4 Å². The highest BCUT2D eigenvalue weighted by atomic mass is 28.2. The summed E-state index contributed by atoms with van der Waals surface area (Å²) in [5, 5.41) is 2.68. The van der Waals surface area contributed by atoms with Crippen molar-refractivity contribution < 1.29 is 18.6 Å². The molecule has 0 unspecified atom stereocenters. The highest BCUT2D eigenvalue weighted by Crippen LogP contribution is 2.37. The first-order valence-corrected chi connectivity index (χ1v) is 12.1. The predicted octanol–water partition coefficient (Wildman–Crippen LogP) is 1.92. The van der Waals surface area contributed by atoms with Crippen molar-refractivity contribution in [2.24, 2.45) is 0 Å². The Morgan fingerprint density at radius 3 is 1.19 bits per heavy atom. The quantitative estimate of drug-likeness (QED) is 0.581. The Morgan fingerprint density at radius 2 is 0.871 bits per heavy atom. The Hall–Kier alpha value is -1.37. The minimum absolute atomic E-state index is 0.330. The highest BCUT2D eigenvalue weighted by molar-refractivity contribution is 6.75. The molecule has 160 valence electrons. The highest BCUT2D eigenvalue weighted by Gasteiger charge is 2.53. The van der Waals surface area contributed by atoms with Gasteiger partial charge >= 0.3 is 14.2 Å². The monoisotopic (exact) mass is 432 g/mol. The maximum atomic E-state index is 6.26. The zero-order valence-electron chi connectivity index (χ0n) is 19.8. The van der Waals surface area contributed by atoms with Crippen LogP contribution in [0.25, 0.3) is 11.1 Å². The molecule has 0 saturated carbocycles. The molecule has 7 heteroatoms. The molecule has 3 aliphatic rings. The molecule has 0 spiro atoms. The second-order valence-corrected chi connectivity index (χ2v) is 12.2. The van der Waals surface area contributed by atoms with Crippen molar-refractivity contribution in [2.75, 3.05) is 0 Å². The van der Waals surface area contributed by atoms with Gasteiger partial charge in [0.2, 0.25) is 0 Å². The largest absolute Gasteiger partial charge is 0.494 e. The van der Waals surface area contributed by atoms with E-state index in [0.29, 0.717) is 9.52 Å². The average Bonchev–Trinajstić information content (AvgIpc) is 3.20. The van der Waals surface area contributed by atoms with E-state index in [0.717, 1.165) is 10.9 Å². The summed E-state index contributed by atoms with van der Waals surface area (Å²) >= 11 is 0. The molecule has 0 aromatic heterocycles. The third-order valence-electron chi connectivity index (χ3n) is 7.70. The molecule has 3 heterocycles. The third-order valence-corrected chi connectivity index (χ3v) is 9.06. The molecule has 5 rings (SSSR count). The van der Waals surface area contributed by atoms with Crippen molar-refractivity contribution in [1.29, 1.82) is 0 Å². The molecule has 2 aromatic carbocycles. The second kappa shape index (κ2) is 6.58. The minimum Gasteiger partial charge on any atom is -0.399 e. The van der Waals surface area contributed by atoms with E-state index in [-0.39, 0.29) is 36.6 Å². The third kappa shape index (κ3) is 3.28. The van der Waals surface area contributed by atoms with Gasteiger partial charge in [0, 0.05) is 0 Å². The first-order chi connectivity index (χ1) is 14.3. The minimum atomic E-state index is -0.334. The van der Waals surface area contributed by atoms with Gasteiger partial charge in [-0.15, -0.1) is 0 Å². The van der Waals surface area contributed by atoms with Crippen LogP contribution < -0.4 is 21.3 Å². The normalized spacial score (nSPS) is 24.4. The van der Waals surface area contributed by atoms with E-state index in [9.17, 15) is 0 Å². The van der Waals surface area contributed by atoms with Crippen LogP contribution in [-0.4, -0.2) is 46.2 Å². The molecule has 0 amide bonds. The number of benzene rings is 2. The maximum Gasteiger partial charge on any atom is 0.494 e. The summed E-state index contributed by atoms with van der Waals surface area (Å²) in [6.45, 7) is 16.7. The van der Waals surface area contributed by atoms with Crippen LogP contribution in [0.15, 0.2) is 36.4 Å². The van der Waals surface area contributed by atoms with Crippen molar-refractivity contribution in [3.8, 4) is 11.1 Å². The lowest BCUT2D eigenvalue weighted by Crippen LogP contribution is -2.41. The van der Waals surface area contributed by atoms with Gasteiger partial charge in [-0.2, -0.15) is 0 Å². The van der Waals surface area contributed by atoms with Crippen LogP contribution in [0.1, 0.15) is 55.4 Å². The van der Waals surface area contributed by atoms with E-state index >= 15 is 0 Å². The van der Waals surface area contributed by atoms with Crippen LogP contribution in [-0.2, 0) is 18.6 Å². The number of fused-ring (bicyclic) bond motifs is 3. The first-order valence-electron chi connectivity index (χ1n) is 11.1. The molecule has 0 bridgehead atoms. The summed E-state index contributed by atoms with van der Waals surface area (Å²) < 4.78 is 25.0. The van der Waals surface area contributed by atoms with Crippen molar-refractivity contribution in [1.82, 2.24) is 0 Å². The SMILES string of the molecule is CC1(C)OB(c2ccc3c(c2)[Si]c2cc(B4OC(C)(C)C(C)(C)O4)ccc2-3)OC1(C)C. The van der Waals surface area contributed by atoms with Crippen LogP contribution in [0.4, 0.5) is 0 Å². The summed E-state index contributed by atoms with van der Waals surface area (Å²) in [5.74, 6) is 0. The van der Waals surface area contributed by atoms with Gasteiger partial charge in [0.15, 0.2) is 0 Å². The van der Waals surface area contributed by atoms with Crippen LogP contribution in [0.5, 0.6) is 0 Å². The molecule has 3 aliphatic heterocycles. The van der Waals surface area contributed by atoms with Crippen molar-refractivity contribution in [2.45, 2.75) is 77.8 Å². The molecule has 0 atom stereocenters. The standard InChI is InChI=1S/C24H30B2O4Si/c1-21(2)22(3,4)28-25(27-21)15-9-11-17-18-12-10-16(14-20(18)31-19(17)13-15)26-29-23(5,6)24(7,8)30-26/h9-14H,1-8H3. The molecule has 2 radical (unpaired) electrons. The fourth-order valence-electron chi connectivity index (χ4n) is 4.20. The van der Waals surface area contributed by atoms with E-state index in [1.807, 2.05) is 0 Å². The molecule has 2 aromatic rings. The number of hydrogen-bond acceptors (Lipinski definition) is 4. The van der Waals surface area contributed by atoms with Crippen LogP contribution in [0.3, 0.4) is 0 Å². The van der Waals surface area contributed by atoms with Crippen molar-refractivity contribution in [3.05, 3.63) is 36.4 Å². The average molecular weight is 432 g/mol. The van der Waals surface area contributed by atoms with E-state index in [1.165, 1.54) is 21.5 Å². The fourth-order valence-corrected chi connectivity index (χ4v) is 5.67. The molecular weight excluding hydrogens is 402 g/mol. The Labute approximate surface area is 189 Å². The van der Waals surface area contributed by atoms with Crippen molar-refractivity contribution in [3.63, 3.8) is 0 Å². The van der Waals surface area contributed by atoms with Gasteiger partial charge in [0.1, 0.15) is 9.52 Å². The Morgan fingerprint density at radius 1 is 0.548 bits per heavy atom. The second-order valence-electron chi connectivity index (χ2n) is 10.9. The fraction of sp³-hybridized carbons (Fsp3) is 0.500. The summed E-state index contributed by atoms with van der Waals surface area (Å²) in [6, 6.07) is 13.2. The van der Waals surface area contributed by atoms with Crippen molar-refractivity contribution >= 4 is 45.1 Å². The van der Waals surface area contributed by atoms with Crippen LogP contribution in [0.2, 0.25) is 0 Å². The molecule has 4 nitrogen and oxygen atoms in total. The Balaban J connectivity index is 1.41. The van der Waals surface area contributed by atoms with Crippen LogP contribution >= 0.6 is 0 Å². The number of hydrogen-bond donors (Lipinski definition) is 0. The zero-order chi connectivity index (χ0) is 22.4. The lowest BCUT2D eigenvalue weighted by molar-refractivity contribution is 0.00578. The maximum absolute atomic E-state index is 6.26. The first kappa shape index (κ1) is 21.5. The summed E-state index contributed by atoms with van der Waals surface area (Å²) in [6.07, 6.45) is 0. The van der Waals surface area contributed by atoms with E-state index in [2.05, 4.69) is 91.8 Å². The van der Waals surface area contributed by atoms with E-state index in [4.69, 9.17) is 18.6 Å². The zero-order valence-corrected chi connectivity index (χ0v) is 20.8. The van der Waals surface area contributed by atoms with E-state index < -0.39 is 0 Å². The van der Waals surface area contributed by atoms with Gasteiger partial charge in [-0.1, -0.05) is 46.8 Å². The summed E-state index contributed by atoms with van der Waals surface area (Å²) in [5.41, 5.74) is 3.44. The molecule has 0 aliphatic carbocycles. The van der Waals surface area contributed by atoms with Gasteiger partial charge in [-0.05, 0) is 77.4 Å². The number of rotatable bonds is 2. The van der Waals surface area contributed by atoms with Gasteiger partial charge in [-0.25, -0.2) is 0 Å². The predicted molar refractivity (Wildman–Crippen MR) is 128 cm³/mol. The topological polar surface area (TPSA) is 36.9 Å². The summed E-state index contributed by atoms with van der Waals surface area (Å²) in [4.78, 5) is 0. The Bertz CT molecular complexity index is 948.